The van der Waals surface area contributed by atoms with Gasteiger partial charge in [0, 0.05) is 44.8 Å². The van der Waals surface area contributed by atoms with Crippen LogP contribution in [0.5, 0.6) is 0 Å². The Morgan fingerprint density at radius 3 is 2.52 bits per heavy atom. The number of nitrogens with two attached hydrogens (primary N) is 1. The summed E-state index contributed by atoms with van der Waals surface area (Å²) in [6.07, 6.45) is 4.87. The summed E-state index contributed by atoms with van der Waals surface area (Å²) in [4.78, 5) is 43.1. The fraction of sp³-hybridized carbons (Fsp3) is 0.600. The van der Waals surface area contributed by atoms with E-state index in [1.807, 2.05) is 31.7 Å². The van der Waals surface area contributed by atoms with E-state index in [-0.39, 0.29) is 29.9 Å². The summed E-state index contributed by atoms with van der Waals surface area (Å²) < 4.78 is 8.47. The van der Waals surface area contributed by atoms with Crippen molar-refractivity contribution in [2.24, 2.45) is 11.7 Å². The summed E-state index contributed by atoms with van der Waals surface area (Å²) in [5.41, 5.74) is 6.41. The third-order valence-corrected chi connectivity index (χ3v) is 7.70. The third-order valence-electron chi connectivity index (χ3n) is 7.70. The van der Waals surface area contributed by atoms with Gasteiger partial charge in [-0.15, -0.1) is 0 Å². The highest BCUT2D eigenvalue weighted by molar-refractivity contribution is 5.68. The van der Waals surface area contributed by atoms with Crippen molar-refractivity contribution in [1.82, 2.24) is 14.0 Å². The number of ether oxygens (including phenoxy) is 1. The van der Waals surface area contributed by atoms with E-state index in [1.165, 1.54) is 4.57 Å². The number of benzene rings is 1. The van der Waals surface area contributed by atoms with Gasteiger partial charge in [0.05, 0.1) is 18.2 Å². The van der Waals surface area contributed by atoms with Crippen LogP contribution in [0.1, 0.15) is 70.4 Å². The standard InChI is InChI=1S/C30H42N6O4/c1-30(2,3)40-29(39)33-15-11-22(12-16-33)9-5-14-35-27(37)18-26(34-13-6-10-25(32)21-34)36(28(35)38)20-24-8-4-7-23(17-24)19-31/h4,7-8,17-18,22,25H,5-6,9-16,20-21,32H2,1-3H3/t25-/m1/s1. The third kappa shape index (κ3) is 7.54. The minimum Gasteiger partial charge on any atom is -0.444 e. The van der Waals surface area contributed by atoms with Crippen LogP contribution in [0, 0.1) is 17.2 Å². The van der Waals surface area contributed by atoms with Gasteiger partial charge in [0.2, 0.25) is 0 Å². The normalized spacial score (nSPS) is 18.4. The molecule has 0 unspecified atom stereocenters. The van der Waals surface area contributed by atoms with Gasteiger partial charge in [-0.3, -0.25) is 13.9 Å². The number of carbonyl (C=O) groups excluding carboxylic acids is 1. The van der Waals surface area contributed by atoms with Gasteiger partial charge in [-0.05, 0) is 82.9 Å². The molecule has 2 aliphatic heterocycles. The first-order chi connectivity index (χ1) is 19.0. The zero-order valence-electron chi connectivity index (χ0n) is 24.0. The molecule has 10 heteroatoms. The number of anilines is 1. The van der Waals surface area contributed by atoms with Crippen LogP contribution in [0.25, 0.3) is 0 Å². The zero-order valence-corrected chi connectivity index (χ0v) is 24.0. The van der Waals surface area contributed by atoms with Gasteiger partial charge in [0.1, 0.15) is 11.4 Å². The molecule has 0 saturated carbocycles. The number of aromatic nitrogens is 2. The number of likely N-dealkylation sites (tertiary alicyclic amines) is 1. The topological polar surface area (TPSA) is 127 Å². The first kappa shape index (κ1) is 29.4. The van der Waals surface area contributed by atoms with E-state index < -0.39 is 5.60 Å². The summed E-state index contributed by atoms with van der Waals surface area (Å²) in [5.74, 6) is 1.01. The quantitative estimate of drug-likeness (QED) is 0.561. The Bertz CT molecular complexity index is 1340. The molecule has 4 rings (SSSR count). The zero-order chi connectivity index (χ0) is 28.9. The monoisotopic (exact) mass is 550 g/mol. The molecule has 3 heterocycles. The van der Waals surface area contributed by atoms with E-state index >= 15 is 0 Å². The second-order valence-electron chi connectivity index (χ2n) is 12.1. The fourth-order valence-corrected chi connectivity index (χ4v) is 5.63. The second-order valence-corrected chi connectivity index (χ2v) is 12.1. The van der Waals surface area contributed by atoms with Crippen molar-refractivity contribution in [2.75, 3.05) is 31.1 Å². The van der Waals surface area contributed by atoms with E-state index in [9.17, 15) is 19.6 Å². The molecule has 40 heavy (non-hydrogen) atoms. The number of amides is 1. The van der Waals surface area contributed by atoms with Gasteiger partial charge in [-0.2, -0.15) is 5.26 Å². The van der Waals surface area contributed by atoms with Crippen molar-refractivity contribution < 1.29 is 9.53 Å². The van der Waals surface area contributed by atoms with Crippen molar-refractivity contribution in [3.05, 3.63) is 62.3 Å². The highest BCUT2D eigenvalue weighted by atomic mass is 16.6. The van der Waals surface area contributed by atoms with Crippen LogP contribution in [0.2, 0.25) is 0 Å². The maximum absolute atomic E-state index is 13.8. The van der Waals surface area contributed by atoms with Gasteiger partial charge in [-0.1, -0.05) is 12.1 Å². The van der Waals surface area contributed by atoms with Crippen LogP contribution >= 0.6 is 0 Å². The molecule has 0 spiro atoms. The lowest BCUT2D eigenvalue weighted by Gasteiger charge is -2.34. The summed E-state index contributed by atoms with van der Waals surface area (Å²) in [7, 11) is 0. The first-order valence-electron chi connectivity index (χ1n) is 14.4. The average molecular weight is 551 g/mol. The number of carbonyl (C=O) groups is 1. The molecule has 1 aromatic carbocycles. The van der Waals surface area contributed by atoms with Crippen molar-refractivity contribution >= 4 is 11.9 Å². The molecular formula is C30H42N6O4. The number of piperidine rings is 2. The highest BCUT2D eigenvalue weighted by Crippen LogP contribution is 2.24. The number of hydrogen-bond donors (Lipinski definition) is 1. The van der Waals surface area contributed by atoms with E-state index in [0.29, 0.717) is 49.9 Å². The molecule has 0 aliphatic carbocycles. The van der Waals surface area contributed by atoms with Gasteiger partial charge < -0.3 is 20.3 Å². The molecule has 1 atom stereocenters. The molecule has 2 aromatic rings. The van der Waals surface area contributed by atoms with Gasteiger partial charge >= 0.3 is 11.8 Å². The smallest absolute Gasteiger partial charge is 0.410 e. The van der Waals surface area contributed by atoms with Crippen LogP contribution in [0.4, 0.5) is 10.6 Å². The van der Waals surface area contributed by atoms with Crippen molar-refractivity contribution in [3.8, 4) is 6.07 Å². The lowest BCUT2D eigenvalue weighted by molar-refractivity contribution is 0.0180. The molecule has 0 bridgehead atoms. The first-order valence-corrected chi connectivity index (χ1v) is 14.4. The Morgan fingerprint density at radius 2 is 1.85 bits per heavy atom. The molecular weight excluding hydrogens is 508 g/mol. The molecule has 2 aliphatic rings. The number of hydrogen-bond acceptors (Lipinski definition) is 7. The largest absolute Gasteiger partial charge is 0.444 e. The maximum Gasteiger partial charge on any atom is 0.410 e. The molecule has 216 valence electrons. The minimum atomic E-state index is -0.512. The molecule has 1 aromatic heterocycles. The number of nitriles is 1. The minimum absolute atomic E-state index is 0.0108. The Kier molecular flexibility index (Phi) is 9.36. The van der Waals surface area contributed by atoms with E-state index in [2.05, 4.69) is 6.07 Å². The Balaban J connectivity index is 1.47. The predicted octanol–water partition coefficient (Wildman–Crippen LogP) is 3.28. The molecule has 0 radical (unpaired) electrons. The number of rotatable bonds is 7. The van der Waals surface area contributed by atoms with Crippen LogP contribution in [-0.2, 0) is 17.8 Å². The van der Waals surface area contributed by atoms with Crippen LogP contribution < -0.4 is 21.9 Å². The van der Waals surface area contributed by atoms with E-state index in [0.717, 1.165) is 44.2 Å². The second kappa shape index (κ2) is 12.7. The Hall–Kier alpha value is -3.58. The summed E-state index contributed by atoms with van der Waals surface area (Å²) in [5, 5.41) is 9.33. The van der Waals surface area contributed by atoms with Crippen LogP contribution in [0.3, 0.4) is 0 Å². The summed E-state index contributed by atoms with van der Waals surface area (Å²) >= 11 is 0. The maximum atomic E-state index is 13.8. The molecule has 10 nitrogen and oxygen atoms in total. The molecule has 2 N–H and O–H groups in total. The molecule has 2 saturated heterocycles. The Morgan fingerprint density at radius 1 is 1.10 bits per heavy atom. The van der Waals surface area contributed by atoms with Crippen molar-refractivity contribution in [1.29, 1.82) is 5.26 Å². The molecule has 1 amide bonds. The predicted molar refractivity (Wildman–Crippen MR) is 154 cm³/mol. The van der Waals surface area contributed by atoms with Crippen molar-refractivity contribution in [3.63, 3.8) is 0 Å². The van der Waals surface area contributed by atoms with Gasteiger partial charge in [0.15, 0.2) is 0 Å². The SMILES string of the molecule is CC(C)(C)OC(=O)N1CCC(CCCn2c(=O)cc(N3CCC[C@@H](N)C3)n(Cc3cccc(C#N)c3)c2=O)CC1. The van der Waals surface area contributed by atoms with Crippen molar-refractivity contribution in [2.45, 2.75) is 84.0 Å². The number of nitrogens with zero attached hydrogens (tertiary/aromatic N) is 5. The summed E-state index contributed by atoms with van der Waals surface area (Å²) in [6, 6.07) is 10.9. The van der Waals surface area contributed by atoms with Crippen LogP contribution in [-0.4, -0.2) is 57.9 Å². The molecule has 2 fully saturated rings. The van der Waals surface area contributed by atoms with Gasteiger partial charge in [0.25, 0.3) is 5.56 Å². The van der Waals surface area contributed by atoms with E-state index in [1.54, 1.807) is 33.7 Å². The lowest BCUT2D eigenvalue weighted by atomic mass is 9.92. The Labute approximate surface area is 235 Å². The van der Waals surface area contributed by atoms with Gasteiger partial charge in [-0.25, -0.2) is 9.59 Å². The fourth-order valence-electron chi connectivity index (χ4n) is 5.63. The highest BCUT2D eigenvalue weighted by Gasteiger charge is 2.27. The lowest BCUT2D eigenvalue weighted by Crippen LogP contribution is -2.48. The summed E-state index contributed by atoms with van der Waals surface area (Å²) in [6.45, 7) is 8.82. The average Bonchev–Trinajstić information content (AvgIpc) is 2.91. The van der Waals surface area contributed by atoms with Crippen LogP contribution in [0.15, 0.2) is 39.9 Å². The van der Waals surface area contributed by atoms with E-state index in [4.69, 9.17) is 10.5 Å².